The van der Waals surface area contributed by atoms with E-state index < -0.39 is 11.7 Å². The van der Waals surface area contributed by atoms with Gasteiger partial charge in [0.05, 0.1) is 16.6 Å². The van der Waals surface area contributed by atoms with Crippen LogP contribution in [0.4, 0.5) is 13.2 Å². The molecule has 7 heteroatoms. The number of hydrogen-bond donors (Lipinski definition) is 0. The standard InChI is InChI=1S/C22H18F3N3O/c1-14-20-18(16-8-4-3-5-9-16)12-19(26-21(20)28(2)27-14)29-13-15-7-6-10-17(11-15)22(23,24)25/h3-12H,13H2,1-2H3. The van der Waals surface area contributed by atoms with Gasteiger partial charge >= 0.3 is 6.18 Å². The highest BCUT2D eigenvalue weighted by atomic mass is 19.4. The molecule has 2 aromatic heterocycles. The molecule has 0 saturated carbocycles. The zero-order valence-electron chi connectivity index (χ0n) is 15.9. The number of aromatic nitrogens is 3. The van der Waals surface area contributed by atoms with Crippen LogP contribution in [0.1, 0.15) is 16.8 Å². The predicted octanol–water partition coefficient (Wildman–Crippen LogP) is 5.54. The van der Waals surface area contributed by atoms with Gasteiger partial charge in [0.2, 0.25) is 5.88 Å². The molecule has 0 aliphatic heterocycles. The molecule has 4 aromatic rings. The molecular weight excluding hydrogens is 379 g/mol. The summed E-state index contributed by atoms with van der Waals surface area (Å²) in [5, 5.41) is 5.37. The third-order valence-corrected chi connectivity index (χ3v) is 4.67. The van der Waals surface area contributed by atoms with Crippen molar-refractivity contribution in [1.82, 2.24) is 14.8 Å². The molecule has 0 radical (unpaired) electrons. The molecule has 4 rings (SSSR count). The number of nitrogens with zero attached hydrogens (tertiary/aromatic N) is 3. The van der Waals surface area contributed by atoms with Crippen LogP contribution in [0.3, 0.4) is 0 Å². The lowest BCUT2D eigenvalue weighted by Crippen LogP contribution is -2.06. The molecule has 0 aliphatic rings. The van der Waals surface area contributed by atoms with Crippen molar-refractivity contribution in [3.63, 3.8) is 0 Å². The summed E-state index contributed by atoms with van der Waals surface area (Å²) in [6.45, 7) is 1.90. The van der Waals surface area contributed by atoms with Crippen LogP contribution in [0.2, 0.25) is 0 Å². The fourth-order valence-corrected chi connectivity index (χ4v) is 3.34. The zero-order valence-corrected chi connectivity index (χ0v) is 15.9. The molecule has 0 bridgehead atoms. The summed E-state index contributed by atoms with van der Waals surface area (Å²) < 4.78 is 46.2. The summed E-state index contributed by atoms with van der Waals surface area (Å²) in [6, 6.07) is 16.7. The molecule has 0 saturated heterocycles. The van der Waals surface area contributed by atoms with Gasteiger partial charge in [-0.25, -0.2) is 0 Å². The molecule has 0 spiro atoms. The fraction of sp³-hybridized carbons (Fsp3) is 0.182. The van der Waals surface area contributed by atoms with E-state index in [0.29, 0.717) is 17.1 Å². The molecular formula is C22H18F3N3O. The van der Waals surface area contributed by atoms with Gasteiger partial charge in [0, 0.05) is 13.1 Å². The molecule has 2 aromatic carbocycles. The fourth-order valence-electron chi connectivity index (χ4n) is 3.34. The average molecular weight is 397 g/mol. The first-order valence-electron chi connectivity index (χ1n) is 9.01. The number of pyridine rings is 1. The highest BCUT2D eigenvalue weighted by molar-refractivity contribution is 5.95. The van der Waals surface area contributed by atoms with Crippen molar-refractivity contribution in [2.75, 3.05) is 0 Å². The van der Waals surface area contributed by atoms with Gasteiger partial charge in [0.15, 0.2) is 5.65 Å². The minimum Gasteiger partial charge on any atom is -0.473 e. The first kappa shape index (κ1) is 19.0. The number of alkyl halides is 3. The monoisotopic (exact) mass is 397 g/mol. The maximum atomic E-state index is 12.9. The second kappa shape index (κ2) is 7.24. The van der Waals surface area contributed by atoms with E-state index in [9.17, 15) is 13.2 Å². The number of rotatable bonds is 4. The van der Waals surface area contributed by atoms with Gasteiger partial charge < -0.3 is 4.74 Å². The zero-order chi connectivity index (χ0) is 20.6. The van der Waals surface area contributed by atoms with Crippen LogP contribution < -0.4 is 4.74 Å². The van der Waals surface area contributed by atoms with Crippen molar-refractivity contribution in [1.29, 1.82) is 0 Å². The predicted molar refractivity (Wildman–Crippen MR) is 104 cm³/mol. The summed E-state index contributed by atoms with van der Waals surface area (Å²) in [7, 11) is 1.80. The van der Waals surface area contributed by atoms with Gasteiger partial charge in [-0.05, 0) is 35.7 Å². The Balaban J connectivity index is 1.71. The van der Waals surface area contributed by atoms with Gasteiger partial charge in [0.1, 0.15) is 6.61 Å². The lowest BCUT2D eigenvalue weighted by atomic mass is 10.0. The Morgan fingerprint density at radius 2 is 1.76 bits per heavy atom. The third kappa shape index (κ3) is 3.81. The van der Waals surface area contributed by atoms with Crippen molar-refractivity contribution in [2.24, 2.45) is 7.05 Å². The van der Waals surface area contributed by atoms with E-state index in [2.05, 4.69) is 10.1 Å². The maximum absolute atomic E-state index is 12.9. The summed E-state index contributed by atoms with van der Waals surface area (Å²) in [5.41, 5.74) is 3.12. The van der Waals surface area contributed by atoms with Crippen molar-refractivity contribution in [3.05, 3.63) is 77.5 Å². The Bertz CT molecular complexity index is 1170. The lowest BCUT2D eigenvalue weighted by Gasteiger charge is -2.11. The molecule has 2 heterocycles. The van der Waals surface area contributed by atoms with E-state index in [-0.39, 0.29) is 6.61 Å². The molecule has 0 N–H and O–H groups in total. The largest absolute Gasteiger partial charge is 0.473 e. The first-order chi connectivity index (χ1) is 13.8. The van der Waals surface area contributed by atoms with Gasteiger partial charge in [-0.3, -0.25) is 4.68 Å². The number of ether oxygens (including phenoxy) is 1. The SMILES string of the molecule is Cc1nn(C)c2nc(OCc3cccc(C(F)(F)F)c3)cc(-c3ccccc3)c12. The minimum atomic E-state index is -4.39. The van der Waals surface area contributed by atoms with E-state index in [1.54, 1.807) is 23.9 Å². The van der Waals surface area contributed by atoms with Crippen LogP contribution in [-0.4, -0.2) is 14.8 Å². The molecule has 0 amide bonds. The van der Waals surface area contributed by atoms with Crippen LogP contribution in [0.5, 0.6) is 5.88 Å². The number of aryl methyl sites for hydroxylation is 2. The van der Waals surface area contributed by atoms with Crippen molar-refractivity contribution >= 4 is 11.0 Å². The topological polar surface area (TPSA) is 39.9 Å². The minimum absolute atomic E-state index is 0.0203. The summed E-state index contributed by atoms with van der Waals surface area (Å²) in [6.07, 6.45) is -4.39. The van der Waals surface area contributed by atoms with Crippen LogP contribution in [0, 0.1) is 6.92 Å². The lowest BCUT2D eigenvalue weighted by molar-refractivity contribution is -0.137. The summed E-state index contributed by atoms with van der Waals surface area (Å²) >= 11 is 0. The van der Waals surface area contributed by atoms with Gasteiger partial charge in [0.25, 0.3) is 0 Å². The Hall–Kier alpha value is -3.35. The molecule has 0 aliphatic carbocycles. The third-order valence-electron chi connectivity index (χ3n) is 4.67. The smallest absolute Gasteiger partial charge is 0.416 e. The van der Waals surface area contributed by atoms with E-state index in [0.717, 1.165) is 34.3 Å². The van der Waals surface area contributed by atoms with Crippen LogP contribution >= 0.6 is 0 Å². The molecule has 4 nitrogen and oxygen atoms in total. The number of halogens is 3. The van der Waals surface area contributed by atoms with Crippen molar-refractivity contribution < 1.29 is 17.9 Å². The van der Waals surface area contributed by atoms with E-state index in [4.69, 9.17) is 4.74 Å². The van der Waals surface area contributed by atoms with Crippen LogP contribution in [-0.2, 0) is 19.8 Å². The van der Waals surface area contributed by atoms with Gasteiger partial charge in [-0.15, -0.1) is 0 Å². The molecule has 0 atom stereocenters. The first-order valence-corrected chi connectivity index (χ1v) is 9.01. The molecule has 0 unspecified atom stereocenters. The maximum Gasteiger partial charge on any atom is 0.416 e. The number of fused-ring (bicyclic) bond motifs is 1. The van der Waals surface area contributed by atoms with Crippen molar-refractivity contribution in [2.45, 2.75) is 19.7 Å². The molecule has 148 valence electrons. The van der Waals surface area contributed by atoms with Crippen LogP contribution in [0.15, 0.2) is 60.7 Å². The normalized spacial score (nSPS) is 11.8. The van der Waals surface area contributed by atoms with Crippen LogP contribution in [0.25, 0.3) is 22.2 Å². The van der Waals surface area contributed by atoms with Crippen molar-refractivity contribution in [3.8, 4) is 17.0 Å². The van der Waals surface area contributed by atoms with E-state index >= 15 is 0 Å². The number of hydrogen-bond acceptors (Lipinski definition) is 3. The summed E-state index contributed by atoms with van der Waals surface area (Å²) in [4.78, 5) is 4.52. The Labute approximate surface area is 165 Å². The highest BCUT2D eigenvalue weighted by Gasteiger charge is 2.30. The average Bonchev–Trinajstić information content (AvgIpc) is 3.00. The number of benzene rings is 2. The Morgan fingerprint density at radius 3 is 2.48 bits per heavy atom. The molecule has 29 heavy (non-hydrogen) atoms. The highest BCUT2D eigenvalue weighted by Crippen LogP contribution is 2.33. The molecule has 0 fully saturated rings. The second-order valence-corrected chi connectivity index (χ2v) is 6.77. The Morgan fingerprint density at radius 1 is 1.00 bits per heavy atom. The summed E-state index contributed by atoms with van der Waals surface area (Å²) in [5.74, 6) is 0.330. The second-order valence-electron chi connectivity index (χ2n) is 6.77. The van der Waals surface area contributed by atoms with Gasteiger partial charge in [-0.1, -0.05) is 42.5 Å². The quantitative estimate of drug-likeness (QED) is 0.454. The van der Waals surface area contributed by atoms with E-state index in [1.807, 2.05) is 37.3 Å². The van der Waals surface area contributed by atoms with E-state index in [1.165, 1.54) is 6.07 Å². The Kier molecular flexibility index (Phi) is 4.74. The van der Waals surface area contributed by atoms with Gasteiger partial charge in [-0.2, -0.15) is 23.3 Å².